The topological polar surface area (TPSA) is 41.5 Å². The van der Waals surface area contributed by atoms with E-state index in [1.54, 1.807) is 0 Å². The second kappa shape index (κ2) is 5.79. The third-order valence-electron chi connectivity index (χ3n) is 2.84. The number of hydrogen-bond donors (Lipinski definition) is 2. The summed E-state index contributed by atoms with van der Waals surface area (Å²) in [6.45, 7) is 0.496. The van der Waals surface area contributed by atoms with E-state index in [4.69, 9.17) is 4.74 Å². The van der Waals surface area contributed by atoms with Crippen LogP contribution in [0.5, 0.6) is 5.75 Å². The Labute approximate surface area is 109 Å². The molecule has 0 radical (unpaired) electrons. The SMILES string of the molecule is OC(CNC1CC1)COc1ccc(C(F)(F)F)cc1. The Kier molecular flexibility index (Phi) is 4.31. The molecule has 1 aromatic carbocycles. The number of benzene rings is 1. The standard InChI is InChI=1S/C13H16F3NO2/c14-13(15,16)9-1-5-12(6-2-9)19-8-11(18)7-17-10-3-4-10/h1-2,5-6,10-11,17-18H,3-4,7-8H2. The Bertz CT molecular complexity index is 401. The van der Waals surface area contributed by atoms with Crippen LogP contribution in [0.3, 0.4) is 0 Å². The van der Waals surface area contributed by atoms with Crippen LogP contribution in [0, 0.1) is 0 Å². The first-order valence-electron chi connectivity index (χ1n) is 6.16. The van der Waals surface area contributed by atoms with Gasteiger partial charge >= 0.3 is 6.18 Å². The highest BCUT2D eigenvalue weighted by atomic mass is 19.4. The first kappa shape index (κ1) is 14.1. The number of aliphatic hydroxyl groups excluding tert-OH is 1. The maximum atomic E-state index is 12.3. The molecule has 3 nitrogen and oxygen atoms in total. The fourth-order valence-corrected chi connectivity index (χ4v) is 1.58. The zero-order valence-electron chi connectivity index (χ0n) is 10.3. The number of nitrogens with one attached hydrogen (secondary N) is 1. The van der Waals surface area contributed by atoms with Crippen molar-refractivity contribution in [3.63, 3.8) is 0 Å². The van der Waals surface area contributed by atoms with E-state index < -0.39 is 17.8 Å². The molecule has 1 atom stereocenters. The van der Waals surface area contributed by atoms with Crippen molar-refractivity contribution in [1.82, 2.24) is 5.32 Å². The largest absolute Gasteiger partial charge is 0.491 e. The Morgan fingerprint density at radius 2 is 1.89 bits per heavy atom. The second-order valence-electron chi connectivity index (χ2n) is 4.67. The van der Waals surface area contributed by atoms with E-state index in [1.807, 2.05) is 0 Å². The quantitative estimate of drug-likeness (QED) is 0.836. The fourth-order valence-electron chi connectivity index (χ4n) is 1.58. The summed E-state index contributed by atoms with van der Waals surface area (Å²) in [6, 6.07) is 4.93. The smallest absolute Gasteiger partial charge is 0.416 e. The maximum Gasteiger partial charge on any atom is 0.416 e. The lowest BCUT2D eigenvalue weighted by Crippen LogP contribution is -2.32. The molecule has 1 aliphatic rings. The number of rotatable bonds is 6. The maximum absolute atomic E-state index is 12.3. The van der Waals surface area contributed by atoms with Gasteiger partial charge in [-0.05, 0) is 37.1 Å². The van der Waals surface area contributed by atoms with Crippen LogP contribution in [0.1, 0.15) is 18.4 Å². The summed E-state index contributed by atoms with van der Waals surface area (Å²) in [5, 5.41) is 12.7. The highest BCUT2D eigenvalue weighted by Gasteiger charge is 2.30. The van der Waals surface area contributed by atoms with E-state index in [-0.39, 0.29) is 6.61 Å². The van der Waals surface area contributed by atoms with Crippen LogP contribution >= 0.6 is 0 Å². The molecular weight excluding hydrogens is 259 g/mol. The van der Waals surface area contributed by atoms with Crippen LogP contribution in [0.2, 0.25) is 0 Å². The van der Waals surface area contributed by atoms with Crippen LogP contribution in [0.15, 0.2) is 24.3 Å². The zero-order valence-corrected chi connectivity index (χ0v) is 10.3. The van der Waals surface area contributed by atoms with Crippen LogP contribution in [-0.4, -0.2) is 30.4 Å². The number of ether oxygens (including phenoxy) is 1. The van der Waals surface area contributed by atoms with Gasteiger partial charge in [0.15, 0.2) is 0 Å². The van der Waals surface area contributed by atoms with Crippen LogP contribution in [0.25, 0.3) is 0 Å². The lowest BCUT2D eigenvalue weighted by molar-refractivity contribution is -0.137. The molecule has 0 saturated heterocycles. The van der Waals surface area contributed by atoms with E-state index in [0.717, 1.165) is 25.0 Å². The Hall–Kier alpha value is -1.27. The van der Waals surface area contributed by atoms with Gasteiger partial charge in [0.1, 0.15) is 18.5 Å². The van der Waals surface area contributed by atoms with Gasteiger partial charge in [0, 0.05) is 12.6 Å². The lowest BCUT2D eigenvalue weighted by Gasteiger charge is -2.13. The van der Waals surface area contributed by atoms with Crippen molar-refractivity contribution in [3.05, 3.63) is 29.8 Å². The summed E-state index contributed by atoms with van der Waals surface area (Å²) >= 11 is 0. The second-order valence-corrected chi connectivity index (χ2v) is 4.67. The van der Waals surface area contributed by atoms with Crippen LogP contribution in [0.4, 0.5) is 13.2 Å². The Balaban J connectivity index is 1.75. The van der Waals surface area contributed by atoms with Crippen molar-refractivity contribution in [2.45, 2.75) is 31.2 Å². The monoisotopic (exact) mass is 275 g/mol. The van der Waals surface area contributed by atoms with Gasteiger partial charge < -0.3 is 15.2 Å². The molecule has 106 valence electrons. The van der Waals surface area contributed by atoms with Crippen LogP contribution in [-0.2, 0) is 6.18 Å². The van der Waals surface area contributed by atoms with Gasteiger partial charge in [-0.2, -0.15) is 13.2 Å². The lowest BCUT2D eigenvalue weighted by atomic mass is 10.2. The first-order chi connectivity index (χ1) is 8.95. The number of aliphatic hydroxyl groups is 1. The summed E-state index contributed by atoms with van der Waals surface area (Å²) < 4.78 is 42.2. The molecule has 0 amide bonds. The third-order valence-corrected chi connectivity index (χ3v) is 2.84. The van der Waals surface area contributed by atoms with Crippen molar-refractivity contribution >= 4 is 0 Å². The van der Waals surface area contributed by atoms with E-state index >= 15 is 0 Å². The summed E-state index contributed by atoms with van der Waals surface area (Å²) in [4.78, 5) is 0. The summed E-state index contributed by atoms with van der Waals surface area (Å²) in [5.74, 6) is 0.318. The van der Waals surface area contributed by atoms with E-state index in [2.05, 4.69) is 5.32 Å². The van der Waals surface area contributed by atoms with Gasteiger partial charge in [-0.15, -0.1) is 0 Å². The Morgan fingerprint density at radius 1 is 1.26 bits per heavy atom. The summed E-state index contributed by atoms with van der Waals surface area (Å²) in [7, 11) is 0. The molecule has 2 rings (SSSR count). The van der Waals surface area contributed by atoms with Crippen molar-refractivity contribution in [2.24, 2.45) is 0 Å². The van der Waals surface area contributed by atoms with E-state index in [9.17, 15) is 18.3 Å². The molecule has 19 heavy (non-hydrogen) atoms. The van der Waals surface area contributed by atoms with E-state index in [0.29, 0.717) is 18.3 Å². The molecule has 1 fully saturated rings. The minimum Gasteiger partial charge on any atom is -0.491 e. The minimum atomic E-state index is -4.34. The molecule has 0 bridgehead atoms. The molecular formula is C13H16F3NO2. The highest BCUT2D eigenvalue weighted by molar-refractivity contribution is 5.28. The molecule has 1 aliphatic carbocycles. The van der Waals surface area contributed by atoms with Gasteiger partial charge in [-0.3, -0.25) is 0 Å². The number of halogens is 3. The van der Waals surface area contributed by atoms with Gasteiger partial charge in [0.2, 0.25) is 0 Å². The summed E-state index contributed by atoms with van der Waals surface area (Å²) in [6.07, 6.45) is -2.74. The molecule has 1 aromatic rings. The highest BCUT2D eigenvalue weighted by Crippen LogP contribution is 2.30. The molecule has 2 N–H and O–H groups in total. The molecule has 0 spiro atoms. The van der Waals surface area contributed by atoms with Crippen molar-refractivity contribution < 1.29 is 23.0 Å². The van der Waals surface area contributed by atoms with Crippen molar-refractivity contribution in [1.29, 1.82) is 0 Å². The molecule has 1 unspecified atom stereocenters. The first-order valence-corrected chi connectivity index (χ1v) is 6.16. The number of alkyl halides is 3. The van der Waals surface area contributed by atoms with Crippen LogP contribution < -0.4 is 10.1 Å². The summed E-state index contributed by atoms with van der Waals surface area (Å²) in [5.41, 5.74) is -0.712. The van der Waals surface area contributed by atoms with Crippen molar-refractivity contribution in [2.75, 3.05) is 13.2 Å². The predicted octanol–water partition coefficient (Wildman–Crippen LogP) is 2.20. The third kappa shape index (κ3) is 4.72. The zero-order chi connectivity index (χ0) is 13.9. The van der Waals surface area contributed by atoms with Gasteiger partial charge in [-0.25, -0.2) is 0 Å². The molecule has 0 aliphatic heterocycles. The van der Waals surface area contributed by atoms with Gasteiger partial charge in [0.25, 0.3) is 0 Å². The van der Waals surface area contributed by atoms with Gasteiger partial charge in [0.05, 0.1) is 5.56 Å². The molecule has 6 heteroatoms. The molecule has 1 saturated carbocycles. The van der Waals surface area contributed by atoms with Gasteiger partial charge in [-0.1, -0.05) is 0 Å². The minimum absolute atomic E-state index is 0.0606. The molecule has 0 aromatic heterocycles. The predicted molar refractivity (Wildman–Crippen MR) is 64.0 cm³/mol. The average Bonchev–Trinajstić information content (AvgIpc) is 3.17. The normalized spacial score (nSPS) is 17.3. The Morgan fingerprint density at radius 3 is 2.42 bits per heavy atom. The average molecular weight is 275 g/mol. The fraction of sp³-hybridized carbons (Fsp3) is 0.538. The van der Waals surface area contributed by atoms with Crippen molar-refractivity contribution in [3.8, 4) is 5.75 Å². The van der Waals surface area contributed by atoms with E-state index in [1.165, 1.54) is 12.1 Å². The number of hydrogen-bond acceptors (Lipinski definition) is 3. The molecule has 0 heterocycles.